The van der Waals surface area contributed by atoms with Crippen LogP contribution in [0.4, 0.5) is 0 Å². The molecule has 0 spiro atoms. The molecule has 19 heavy (non-hydrogen) atoms. The molecule has 1 aliphatic rings. The Bertz CT molecular complexity index is 483. The Labute approximate surface area is 111 Å². The van der Waals surface area contributed by atoms with Gasteiger partial charge >= 0.3 is 5.97 Å². The third-order valence-corrected chi connectivity index (χ3v) is 3.10. The molecule has 0 fully saturated rings. The maximum absolute atomic E-state index is 11.0. The largest absolute Gasteiger partial charge is 0.481 e. The van der Waals surface area contributed by atoms with Crippen molar-refractivity contribution in [1.82, 2.24) is 0 Å². The highest BCUT2D eigenvalue weighted by Gasteiger charge is 2.34. The Morgan fingerprint density at radius 2 is 2.05 bits per heavy atom. The molecule has 1 unspecified atom stereocenters. The molecular formula is C14H18O5. The van der Waals surface area contributed by atoms with Crippen molar-refractivity contribution < 1.29 is 24.5 Å². The van der Waals surface area contributed by atoms with Crippen molar-refractivity contribution in [1.29, 1.82) is 0 Å². The summed E-state index contributed by atoms with van der Waals surface area (Å²) in [6, 6.07) is 5.05. The van der Waals surface area contributed by atoms with Gasteiger partial charge in [-0.3, -0.25) is 4.79 Å². The van der Waals surface area contributed by atoms with Gasteiger partial charge in [-0.2, -0.15) is 0 Å². The van der Waals surface area contributed by atoms with Gasteiger partial charge in [0.1, 0.15) is 5.60 Å². The lowest BCUT2D eigenvalue weighted by Crippen LogP contribution is -2.30. The highest BCUT2D eigenvalue weighted by Crippen LogP contribution is 2.39. The zero-order chi connectivity index (χ0) is 14.0. The Kier molecular flexibility index (Phi) is 3.66. The van der Waals surface area contributed by atoms with Crippen LogP contribution in [0, 0.1) is 5.92 Å². The van der Waals surface area contributed by atoms with Crippen molar-refractivity contribution >= 4 is 5.97 Å². The number of ether oxygens (including phenoxy) is 2. The first-order chi connectivity index (χ1) is 8.90. The van der Waals surface area contributed by atoms with Gasteiger partial charge in [0.05, 0.1) is 6.42 Å². The minimum Gasteiger partial charge on any atom is -0.481 e. The third kappa shape index (κ3) is 2.98. The van der Waals surface area contributed by atoms with Gasteiger partial charge in [-0.25, -0.2) is 0 Å². The van der Waals surface area contributed by atoms with Gasteiger partial charge in [0.2, 0.25) is 6.79 Å². The zero-order valence-corrected chi connectivity index (χ0v) is 11.0. The zero-order valence-electron chi connectivity index (χ0n) is 11.0. The summed E-state index contributed by atoms with van der Waals surface area (Å²) in [7, 11) is 0. The van der Waals surface area contributed by atoms with Crippen LogP contribution < -0.4 is 9.47 Å². The predicted octanol–water partition coefficient (Wildman–Crippen LogP) is 2.12. The quantitative estimate of drug-likeness (QED) is 0.853. The van der Waals surface area contributed by atoms with Crippen LogP contribution in [0.2, 0.25) is 0 Å². The van der Waals surface area contributed by atoms with E-state index >= 15 is 0 Å². The normalized spacial score (nSPS) is 16.4. The number of carboxylic acids is 1. The van der Waals surface area contributed by atoms with E-state index in [0.717, 1.165) is 0 Å². The van der Waals surface area contributed by atoms with Crippen LogP contribution >= 0.6 is 0 Å². The number of rotatable bonds is 5. The van der Waals surface area contributed by atoms with Crippen molar-refractivity contribution in [3.8, 4) is 11.5 Å². The van der Waals surface area contributed by atoms with Crippen molar-refractivity contribution in [3.63, 3.8) is 0 Å². The van der Waals surface area contributed by atoms with Crippen LogP contribution in [0.1, 0.15) is 32.3 Å². The average molecular weight is 266 g/mol. The topological polar surface area (TPSA) is 76.0 Å². The number of aliphatic hydroxyl groups is 1. The minimum absolute atomic E-state index is 0.153. The maximum atomic E-state index is 11.0. The number of benzene rings is 1. The summed E-state index contributed by atoms with van der Waals surface area (Å²) in [5.74, 6) is 0.312. The molecule has 1 atom stereocenters. The van der Waals surface area contributed by atoms with Crippen LogP contribution in [0.5, 0.6) is 11.5 Å². The average Bonchev–Trinajstić information content (AvgIpc) is 2.73. The summed E-state index contributed by atoms with van der Waals surface area (Å²) < 4.78 is 10.5. The molecule has 1 aromatic rings. The summed E-state index contributed by atoms with van der Waals surface area (Å²) in [4.78, 5) is 11.0. The smallest absolute Gasteiger partial charge is 0.306 e. The van der Waals surface area contributed by atoms with Crippen LogP contribution in [-0.4, -0.2) is 23.0 Å². The van der Waals surface area contributed by atoms with Crippen molar-refractivity contribution in [2.75, 3.05) is 6.79 Å². The molecule has 0 amide bonds. The molecule has 1 aliphatic heterocycles. The molecule has 5 nitrogen and oxygen atoms in total. The summed E-state index contributed by atoms with van der Waals surface area (Å²) >= 11 is 0. The van der Waals surface area contributed by atoms with E-state index in [0.29, 0.717) is 23.5 Å². The minimum atomic E-state index is -1.39. The standard InChI is InChI=1S/C14H18O5/c1-9(2)6-14(17,7-13(15)16)10-3-4-11-12(5-10)19-8-18-11/h3-5,9,17H,6-8H2,1-2H3,(H,15,16). The number of fused-ring (bicyclic) bond motifs is 1. The van der Waals surface area contributed by atoms with E-state index in [9.17, 15) is 9.90 Å². The van der Waals surface area contributed by atoms with Crippen molar-refractivity contribution in [2.45, 2.75) is 32.3 Å². The van der Waals surface area contributed by atoms with Crippen molar-refractivity contribution in [2.24, 2.45) is 5.92 Å². The van der Waals surface area contributed by atoms with E-state index in [1.165, 1.54) is 0 Å². The van der Waals surface area contributed by atoms with E-state index in [-0.39, 0.29) is 19.1 Å². The fourth-order valence-corrected chi connectivity index (χ4v) is 2.40. The monoisotopic (exact) mass is 266 g/mol. The first kappa shape index (κ1) is 13.7. The highest BCUT2D eigenvalue weighted by molar-refractivity contribution is 5.68. The second-order valence-corrected chi connectivity index (χ2v) is 5.27. The van der Waals surface area contributed by atoms with Gasteiger partial charge < -0.3 is 19.7 Å². The van der Waals surface area contributed by atoms with Crippen LogP contribution in [-0.2, 0) is 10.4 Å². The number of carboxylic acid groups (broad SMARTS) is 1. The lowest BCUT2D eigenvalue weighted by molar-refractivity contribution is -0.143. The van der Waals surface area contributed by atoms with Crippen LogP contribution in [0.25, 0.3) is 0 Å². The summed E-state index contributed by atoms with van der Waals surface area (Å²) in [5, 5.41) is 19.7. The predicted molar refractivity (Wildman–Crippen MR) is 68.2 cm³/mol. The molecule has 0 aromatic heterocycles. The fraction of sp³-hybridized carbons (Fsp3) is 0.500. The van der Waals surface area contributed by atoms with E-state index in [1.54, 1.807) is 18.2 Å². The SMILES string of the molecule is CC(C)CC(O)(CC(=O)O)c1ccc2c(c1)OCO2. The van der Waals surface area contributed by atoms with Gasteiger partial charge in [-0.05, 0) is 30.0 Å². The van der Waals surface area contributed by atoms with E-state index in [1.807, 2.05) is 13.8 Å². The van der Waals surface area contributed by atoms with Gasteiger partial charge in [0.25, 0.3) is 0 Å². The summed E-state index contributed by atoms with van der Waals surface area (Å²) in [5.41, 5.74) is -0.839. The number of aliphatic carboxylic acids is 1. The first-order valence-corrected chi connectivity index (χ1v) is 6.25. The van der Waals surface area contributed by atoms with Gasteiger partial charge in [-0.15, -0.1) is 0 Å². The molecule has 1 heterocycles. The Morgan fingerprint density at radius 3 is 2.68 bits per heavy atom. The molecule has 104 valence electrons. The van der Waals surface area contributed by atoms with E-state index in [4.69, 9.17) is 14.6 Å². The second kappa shape index (κ2) is 5.09. The second-order valence-electron chi connectivity index (χ2n) is 5.27. The molecule has 0 saturated heterocycles. The van der Waals surface area contributed by atoms with Gasteiger partial charge in [-0.1, -0.05) is 19.9 Å². The van der Waals surface area contributed by atoms with Gasteiger partial charge in [0.15, 0.2) is 11.5 Å². The molecule has 0 saturated carbocycles. The van der Waals surface area contributed by atoms with Gasteiger partial charge in [0, 0.05) is 0 Å². The number of hydrogen-bond acceptors (Lipinski definition) is 4. The Hall–Kier alpha value is -1.75. The molecule has 0 radical (unpaired) electrons. The van der Waals surface area contributed by atoms with Crippen LogP contribution in [0.3, 0.4) is 0 Å². The Morgan fingerprint density at radius 1 is 1.37 bits per heavy atom. The van der Waals surface area contributed by atoms with E-state index in [2.05, 4.69) is 0 Å². The summed E-state index contributed by atoms with van der Waals surface area (Å²) in [6.45, 7) is 4.04. The lowest BCUT2D eigenvalue weighted by atomic mass is 9.83. The summed E-state index contributed by atoms with van der Waals surface area (Å²) in [6.07, 6.45) is 0.0454. The molecule has 5 heteroatoms. The fourth-order valence-electron chi connectivity index (χ4n) is 2.40. The molecule has 0 aliphatic carbocycles. The molecule has 2 N–H and O–H groups in total. The molecule has 0 bridgehead atoms. The molecule has 1 aromatic carbocycles. The number of hydrogen-bond donors (Lipinski definition) is 2. The van der Waals surface area contributed by atoms with E-state index < -0.39 is 11.6 Å². The molecule has 2 rings (SSSR count). The van der Waals surface area contributed by atoms with Crippen molar-refractivity contribution in [3.05, 3.63) is 23.8 Å². The lowest BCUT2D eigenvalue weighted by Gasteiger charge is -2.29. The maximum Gasteiger partial charge on any atom is 0.306 e. The highest BCUT2D eigenvalue weighted by atomic mass is 16.7. The molecular weight excluding hydrogens is 248 g/mol. The number of carbonyl (C=O) groups is 1. The third-order valence-electron chi connectivity index (χ3n) is 3.10. The Balaban J connectivity index is 2.34. The first-order valence-electron chi connectivity index (χ1n) is 6.25. The van der Waals surface area contributed by atoms with Crippen LogP contribution in [0.15, 0.2) is 18.2 Å².